The molecular weight excluding hydrogens is 340 g/mol. The van der Waals surface area contributed by atoms with Crippen LogP contribution in [0.15, 0.2) is 12.1 Å². The average Bonchev–Trinajstić information content (AvgIpc) is 3.01. The van der Waals surface area contributed by atoms with Crippen molar-refractivity contribution in [2.75, 3.05) is 19.6 Å². The van der Waals surface area contributed by atoms with Crippen LogP contribution in [0.1, 0.15) is 30.4 Å². The number of β-amino-alcohol motifs (C(OH)–C–C–N with tert-alkyl or cyclic N) is 1. The zero-order valence-electron chi connectivity index (χ0n) is 13.3. The van der Waals surface area contributed by atoms with E-state index in [2.05, 4.69) is 5.32 Å². The van der Waals surface area contributed by atoms with Gasteiger partial charge in [0.25, 0.3) is 5.91 Å². The van der Waals surface area contributed by atoms with Gasteiger partial charge in [0.2, 0.25) is 0 Å². The number of rotatable bonds is 3. The lowest BCUT2D eigenvalue weighted by Crippen LogP contribution is -2.36. The number of hydrogen-bond acceptors (Lipinski definition) is 5. The smallest absolute Gasteiger partial charge is 0.410 e. The number of ether oxygens (including phenoxy) is 1. The first-order valence-corrected chi connectivity index (χ1v) is 8.54. The summed E-state index contributed by atoms with van der Waals surface area (Å²) in [6.07, 6.45) is -1.13. The largest absolute Gasteiger partial charge is 0.444 e. The molecule has 1 aromatic heterocycles. The van der Waals surface area contributed by atoms with Crippen molar-refractivity contribution >= 4 is 34.9 Å². The summed E-state index contributed by atoms with van der Waals surface area (Å²) < 4.78 is 5.84. The maximum Gasteiger partial charge on any atom is 0.410 e. The van der Waals surface area contributed by atoms with Gasteiger partial charge in [-0.1, -0.05) is 11.6 Å². The standard InChI is InChI=1S/C15H21ClN2O4S/c1-15(2,3)22-14(21)18-7-9(10(19)8-18)6-17-13(20)11-4-5-12(16)23-11/h4-5,9-10,19H,6-8H2,1-3H3,(H,17,20). The molecule has 0 aromatic carbocycles. The minimum absolute atomic E-state index is 0.209. The molecule has 2 N–H and O–H groups in total. The Bertz CT molecular complexity index is 584. The first-order valence-electron chi connectivity index (χ1n) is 7.35. The van der Waals surface area contributed by atoms with Crippen molar-refractivity contribution in [3.05, 3.63) is 21.3 Å². The number of carbonyl (C=O) groups excluding carboxylic acids is 2. The second-order valence-electron chi connectivity index (χ2n) is 6.53. The van der Waals surface area contributed by atoms with Crippen LogP contribution in [-0.4, -0.2) is 53.3 Å². The third kappa shape index (κ3) is 5.09. The van der Waals surface area contributed by atoms with Crippen molar-refractivity contribution in [3.63, 3.8) is 0 Å². The van der Waals surface area contributed by atoms with Gasteiger partial charge in [0.1, 0.15) is 5.60 Å². The molecule has 128 valence electrons. The molecule has 6 nitrogen and oxygen atoms in total. The highest BCUT2D eigenvalue weighted by molar-refractivity contribution is 7.17. The second kappa shape index (κ2) is 7.07. The number of nitrogens with zero attached hydrogens (tertiary/aromatic N) is 1. The molecule has 2 amide bonds. The lowest BCUT2D eigenvalue weighted by molar-refractivity contribution is 0.0269. The van der Waals surface area contributed by atoms with Gasteiger partial charge in [0.05, 0.1) is 21.9 Å². The molecule has 2 rings (SSSR count). The molecule has 1 fully saturated rings. The maximum absolute atomic E-state index is 12.0. The fourth-order valence-electron chi connectivity index (χ4n) is 2.28. The van der Waals surface area contributed by atoms with E-state index in [1.807, 2.05) is 0 Å². The number of thiophene rings is 1. The minimum Gasteiger partial charge on any atom is -0.444 e. The predicted molar refractivity (Wildman–Crippen MR) is 89.0 cm³/mol. The summed E-state index contributed by atoms with van der Waals surface area (Å²) in [6, 6.07) is 3.32. The van der Waals surface area contributed by atoms with Crippen LogP contribution in [0.3, 0.4) is 0 Å². The molecule has 2 heterocycles. The molecule has 1 aromatic rings. The van der Waals surface area contributed by atoms with E-state index >= 15 is 0 Å². The average molecular weight is 361 g/mol. The normalized spacial score (nSPS) is 21.3. The number of nitrogens with one attached hydrogen (secondary N) is 1. The zero-order valence-corrected chi connectivity index (χ0v) is 14.9. The Morgan fingerprint density at radius 3 is 2.70 bits per heavy atom. The van der Waals surface area contributed by atoms with Crippen LogP contribution >= 0.6 is 22.9 Å². The van der Waals surface area contributed by atoms with Gasteiger partial charge in [-0.3, -0.25) is 4.79 Å². The van der Waals surface area contributed by atoms with Crippen LogP contribution in [0, 0.1) is 5.92 Å². The summed E-state index contributed by atoms with van der Waals surface area (Å²) in [6.45, 7) is 6.22. The summed E-state index contributed by atoms with van der Waals surface area (Å²) in [5, 5.41) is 12.8. The number of aliphatic hydroxyl groups is 1. The Balaban J connectivity index is 1.85. The van der Waals surface area contributed by atoms with Crippen LogP contribution in [0.4, 0.5) is 4.79 Å². The summed E-state index contributed by atoms with van der Waals surface area (Å²) >= 11 is 7.00. The molecule has 1 saturated heterocycles. The zero-order chi connectivity index (χ0) is 17.2. The van der Waals surface area contributed by atoms with Crippen molar-refractivity contribution in [3.8, 4) is 0 Å². The molecule has 1 aliphatic heterocycles. The van der Waals surface area contributed by atoms with Crippen molar-refractivity contribution in [1.29, 1.82) is 0 Å². The van der Waals surface area contributed by atoms with E-state index < -0.39 is 17.8 Å². The molecule has 2 unspecified atom stereocenters. The predicted octanol–water partition coefficient (Wildman–Crippen LogP) is 2.36. The summed E-state index contributed by atoms with van der Waals surface area (Å²) in [5.74, 6) is -0.452. The fraction of sp³-hybridized carbons (Fsp3) is 0.600. The van der Waals surface area contributed by atoms with Crippen molar-refractivity contribution in [2.24, 2.45) is 5.92 Å². The van der Waals surface area contributed by atoms with Crippen LogP contribution in [-0.2, 0) is 4.74 Å². The topological polar surface area (TPSA) is 78.9 Å². The lowest BCUT2D eigenvalue weighted by atomic mass is 10.1. The van der Waals surface area contributed by atoms with E-state index in [0.29, 0.717) is 15.8 Å². The van der Waals surface area contributed by atoms with Crippen LogP contribution < -0.4 is 5.32 Å². The number of amides is 2. The van der Waals surface area contributed by atoms with Gasteiger partial charge in [0.15, 0.2) is 0 Å². The molecule has 0 saturated carbocycles. The number of halogens is 1. The number of aliphatic hydroxyl groups excluding tert-OH is 1. The molecule has 0 bridgehead atoms. The fourth-order valence-corrected chi connectivity index (χ4v) is 3.24. The molecule has 23 heavy (non-hydrogen) atoms. The Labute approximate surface area is 144 Å². The molecule has 2 atom stereocenters. The van der Waals surface area contributed by atoms with Gasteiger partial charge in [0, 0.05) is 19.0 Å². The molecule has 0 aliphatic carbocycles. The van der Waals surface area contributed by atoms with Gasteiger partial charge in [-0.05, 0) is 32.9 Å². The highest BCUT2D eigenvalue weighted by Gasteiger charge is 2.36. The first-order chi connectivity index (χ1) is 10.7. The number of likely N-dealkylation sites (tertiary alicyclic amines) is 1. The minimum atomic E-state index is -0.685. The quantitative estimate of drug-likeness (QED) is 0.867. The third-order valence-corrected chi connectivity index (χ3v) is 4.61. The van der Waals surface area contributed by atoms with Crippen molar-refractivity contribution in [1.82, 2.24) is 10.2 Å². The van der Waals surface area contributed by atoms with Crippen LogP contribution in [0.2, 0.25) is 4.34 Å². The van der Waals surface area contributed by atoms with E-state index in [-0.39, 0.29) is 24.9 Å². The first kappa shape index (κ1) is 18.0. The Morgan fingerprint density at radius 2 is 2.13 bits per heavy atom. The van der Waals surface area contributed by atoms with Gasteiger partial charge < -0.3 is 20.1 Å². The lowest BCUT2D eigenvalue weighted by Gasteiger charge is -2.24. The highest BCUT2D eigenvalue weighted by atomic mass is 35.5. The van der Waals surface area contributed by atoms with E-state index in [9.17, 15) is 14.7 Å². The number of carbonyl (C=O) groups is 2. The van der Waals surface area contributed by atoms with Crippen LogP contribution in [0.25, 0.3) is 0 Å². The van der Waals surface area contributed by atoms with Crippen molar-refractivity contribution < 1.29 is 19.4 Å². The third-order valence-electron chi connectivity index (χ3n) is 3.38. The maximum atomic E-state index is 12.0. The molecule has 8 heteroatoms. The Hall–Kier alpha value is -1.31. The second-order valence-corrected chi connectivity index (χ2v) is 8.24. The van der Waals surface area contributed by atoms with E-state index in [0.717, 1.165) is 0 Å². The van der Waals surface area contributed by atoms with E-state index in [1.54, 1.807) is 32.9 Å². The molecular formula is C15H21ClN2O4S. The molecule has 1 aliphatic rings. The number of hydrogen-bond donors (Lipinski definition) is 2. The summed E-state index contributed by atoms with van der Waals surface area (Å²) in [4.78, 5) is 26.0. The summed E-state index contributed by atoms with van der Waals surface area (Å²) in [5.41, 5.74) is -0.577. The Morgan fingerprint density at radius 1 is 1.43 bits per heavy atom. The van der Waals surface area contributed by atoms with E-state index in [1.165, 1.54) is 16.2 Å². The molecule has 0 spiro atoms. The SMILES string of the molecule is CC(C)(C)OC(=O)N1CC(O)C(CNC(=O)c2ccc(Cl)s2)C1. The molecule has 0 radical (unpaired) electrons. The summed E-state index contributed by atoms with van der Waals surface area (Å²) in [7, 11) is 0. The van der Waals surface area contributed by atoms with Gasteiger partial charge >= 0.3 is 6.09 Å². The van der Waals surface area contributed by atoms with E-state index in [4.69, 9.17) is 16.3 Å². The van der Waals surface area contributed by atoms with Crippen LogP contribution in [0.5, 0.6) is 0 Å². The monoisotopic (exact) mass is 360 g/mol. The van der Waals surface area contributed by atoms with Crippen molar-refractivity contribution in [2.45, 2.75) is 32.5 Å². The highest BCUT2D eigenvalue weighted by Crippen LogP contribution is 2.22. The van der Waals surface area contributed by atoms with Gasteiger partial charge in [-0.2, -0.15) is 0 Å². The van der Waals surface area contributed by atoms with Gasteiger partial charge in [-0.15, -0.1) is 11.3 Å². The van der Waals surface area contributed by atoms with Gasteiger partial charge in [-0.25, -0.2) is 4.79 Å². The Kier molecular flexibility index (Phi) is 5.54.